The molecule has 0 aliphatic carbocycles. The fourth-order valence-electron chi connectivity index (χ4n) is 1.61. The molecule has 1 N–H and O–H groups in total. The van der Waals surface area contributed by atoms with Crippen LogP contribution in [0.2, 0.25) is 0 Å². The van der Waals surface area contributed by atoms with Crippen LogP contribution in [-0.2, 0) is 13.6 Å². The van der Waals surface area contributed by atoms with Gasteiger partial charge < -0.3 is 5.32 Å². The average Bonchev–Trinajstić information content (AvgIpc) is 2.73. The van der Waals surface area contributed by atoms with Crippen molar-refractivity contribution in [3.63, 3.8) is 0 Å². The Labute approximate surface area is 132 Å². The molecular formula is C14H19BrN4S. The van der Waals surface area contributed by atoms with Gasteiger partial charge in [0.25, 0.3) is 0 Å². The highest BCUT2D eigenvalue weighted by Gasteiger charge is 2.13. The smallest absolute Gasteiger partial charge is 0.190 e. The van der Waals surface area contributed by atoms with E-state index >= 15 is 0 Å². The SMILES string of the molecule is Cn1ncnc1Sc1cc(Br)ccc1CNC(C)(C)C. The quantitative estimate of drug-likeness (QED) is 0.910. The van der Waals surface area contributed by atoms with E-state index in [2.05, 4.69) is 70.3 Å². The molecule has 4 nitrogen and oxygen atoms in total. The van der Waals surface area contributed by atoms with Crippen LogP contribution in [-0.4, -0.2) is 20.3 Å². The Morgan fingerprint density at radius 3 is 2.70 bits per heavy atom. The normalized spacial score (nSPS) is 11.8. The van der Waals surface area contributed by atoms with Gasteiger partial charge in [0.05, 0.1) is 0 Å². The summed E-state index contributed by atoms with van der Waals surface area (Å²) in [6.45, 7) is 7.33. The standard InChI is InChI=1S/C14H19BrN4S/c1-14(2,3)17-8-10-5-6-11(15)7-12(10)20-13-16-9-18-19(13)4/h5-7,9,17H,8H2,1-4H3. The highest BCUT2D eigenvalue weighted by Crippen LogP contribution is 2.31. The van der Waals surface area contributed by atoms with Crippen molar-refractivity contribution in [1.29, 1.82) is 0 Å². The Hall–Kier alpha value is -0.850. The first-order chi connectivity index (χ1) is 9.35. The second kappa shape index (κ2) is 6.28. The van der Waals surface area contributed by atoms with Gasteiger partial charge in [0.2, 0.25) is 0 Å². The molecule has 0 bridgehead atoms. The molecular weight excluding hydrogens is 336 g/mol. The lowest BCUT2D eigenvalue weighted by atomic mass is 10.1. The molecule has 0 amide bonds. The molecule has 0 unspecified atom stereocenters. The number of hydrogen-bond donors (Lipinski definition) is 1. The van der Waals surface area contributed by atoms with E-state index in [9.17, 15) is 0 Å². The highest BCUT2D eigenvalue weighted by molar-refractivity contribution is 9.10. The van der Waals surface area contributed by atoms with E-state index < -0.39 is 0 Å². The zero-order valence-corrected chi connectivity index (χ0v) is 14.5. The molecule has 6 heteroatoms. The van der Waals surface area contributed by atoms with Crippen molar-refractivity contribution in [3.05, 3.63) is 34.6 Å². The van der Waals surface area contributed by atoms with Crippen LogP contribution >= 0.6 is 27.7 Å². The van der Waals surface area contributed by atoms with Crippen molar-refractivity contribution >= 4 is 27.7 Å². The zero-order chi connectivity index (χ0) is 14.8. The third-order valence-electron chi connectivity index (χ3n) is 2.71. The van der Waals surface area contributed by atoms with Gasteiger partial charge in [-0.25, -0.2) is 9.67 Å². The predicted molar refractivity (Wildman–Crippen MR) is 85.9 cm³/mol. The number of aryl methyl sites for hydroxylation is 1. The maximum Gasteiger partial charge on any atom is 0.190 e. The first-order valence-electron chi connectivity index (χ1n) is 6.40. The van der Waals surface area contributed by atoms with Crippen LogP contribution < -0.4 is 5.32 Å². The number of halogens is 1. The molecule has 1 aromatic carbocycles. The summed E-state index contributed by atoms with van der Waals surface area (Å²) in [6, 6.07) is 6.33. The van der Waals surface area contributed by atoms with E-state index in [-0.39, 0.29) is 5.54 Å². The van der Waals surface area contributed by atoms with Gasteiger partial charge in [0.15, 0.2) is 5.16 Å². The molecule has 0 saturated carbocycles. The maximum atomic E-state index is 4.27. The lowest BCUT2D eigenvalue weighted by Crippen LogP contribution is -2.35. The van der Waals surface area contributed by atoms with Crippen molar-refractivity contribution in [2.75, 3.05) is 0 Å². The molecule has 0 saturated heterocycles. The first kappa shape index (κ1) is 15.5. The van der Waals surface area contributed by atoms with E-state index in [4.69, 9.17) is 0 Å². The van der Waals surface area contributed by atoms with Crippen molar-refractivity contribution in [1.82, 2.24) is 20.1 Å². The van der Waals surface area contributed by atoms with Gasteiger partial charge >= 0.3 is 0 Å². The number of benzene rings is 1. The molecule has 1 heterocycles. The summed E-state index contributed by atoms with van der Waals surface area (Å²) in [5.41, 5.74) is 1.36. The van der Waals surface area contributed by atoms with Crippen molar-refractivity contribution in [3.8, 4) is 0 Å². The van der Waals surface area contributed by atoms with Gasteiger partial charge in [0, 0.05) is 28.5 Å². The molecule has 0 fully saturated rings. The molecule has 0 aliphatic heterocycles. The lowest BCUT2D eigenvalue weighted by molar-refractivity contribution is 0.422. The highest BCUT2D eigenvalue weighted by atomic mass is 79.9. The number of nitrogens with zero attached hydrogens (tertiary/aromatic N) is 3. The summed E-state index contributed by atoms with van der Waals surface area (Å²) in [5, 5.41) is 8.52. The zero-order valence-electron chi connectivity index (χ0n) is 12.1. The monoisotopic (exact) mass is 354 g/mol. The van der Waals surface area contributed by atoms with Crippen LogP contribution in [0.25, 0.3) is 0 Å². The second-order valence-corrected chi connectivity index (χ2v) is 7.55. The molecule has 20 heavy (non-hydrogen) atoms. The summed E-state index contributed by atoms with van der Waals surface area (Å²) in [5.74, 6) is 0. The number of hydrogen-bond acceptors (Lipinski definition) is 4. The maximum absolute atomic E-state index is 4.27. The van der Waals surface area contributed by atoms with Crippen LogP contribution in [0.5, 0.6) is 0 Å². The van der Waals surface area contributed by atoms with E-state index in [0.29, 0.717) is 0 Å². The molecule has 0 aliphatic rings. The third kappa shape index (κ3) is 4.33. The van der Waals surface area contributed by atoms with Gasteiger partial charge in [-0.3, -0.25) is 0 Å². The summed E-state index contributed by atoms with van der Waals surface area (Å²) >= 11 is 5.16. The van der Waals surface area contributed by atoms with Gasteiger partial charge in [-0.1, -0.05) is 22.0 Å². The van der Waals surface area contributed by atoms with Gasteiger partial charge in [0.1, 0.15) is 6.33 Å². The van der Waals surface area contributed by atoms with Gasteiger partial charge in [-0.15, -0.1) is 0 Å². The van der Waals surface area contributed by atoms with Crippen LogP contribution in [0.1, 0.15) is 26.3 Å². The average molecular weight is 355 g/mol. The molecule has 0 atom stereocenters. The Balaban J connectivity index is 2.22. The molecule has 0 radical (unpaired) electrons. The molecule has 1 aromatic heterocycles. The van der Waals surface area contributed by atoms with E-state index in [1.165, 1.54) is 10.5 Å². The van der Waals surface area contributed by atoms with Gasteiger partial charge in [-0.05, 0) is 50.2 Å². The van der Waals surface area contributed by atoms with Crippen molar-refractivity contribution in [2.24, 2.45) is 7.05 Å². The number of aromatic nitrogens is 3. The van der Waals surface area contributed by atoms with Crippen LogP contribution in [0.4, 0.5) is 0 Å². The fourth-order valence-corrected chi connectivity index (χ4v) is 3.05. The lowest BCUT2D eigenvalue weighted by Gasteiger charge is -2.21. The summed E-state index contributed by atoms with van der Waals surface area (Å²) in [6.07, 6.45) is 1.58. The van der Waals surface area contributed by atoms with Crippen LogP contribution in [0, 0.1) is 0 Å². The summed E-state index contributed by atoms with van der Waals surface area (Å²) < 4.78 is 2.86. The Kier molecular flexibility index (Phi) is 4.88. The minimum absolute atomic E-state index is 0.0970. The molecule has 108 valence electrons. The van der Waals surface area contributed by atoms with E-state index in [1.54, 1.807) is 22.8 Å². The predicted octanol–water partition coefficient (Wildman–Crippen LogP) is 3.62. The Bertz CT molecular complexity index is 589. The van der Waals surface area contributed by atoms with Crippen molar-refractivity contribution < 1.29 is 0 Å². The minimum atomic E-state index is 0.0970. The second-order valence-electron chi connectivity index (χ2n) is 5.62. The van der Waals surface area contributed by atoms with Crippen LogP contribution in [0.3, 0.4) is 0 Å². The van der Waals surface area contributed by atoms with E-state index in [1.807, 2.05) is 7.05 Å². The summed E-state index contributed by atoms with van der Waals surface area (Å²) in [7, 11) is 1.90. The number of rotatable bonds is 4. The summed E-state index contributed by atoms with van der Waals surface area (Å²) in [4.78, 5) is 5.46. The third-order valence-corrected chi connectivity index (χ3v) is 4.35. The first-order valence-corrected chi connectivity index (χ1v) is 8.01. The fraction of sp³-hybridized carbons (Fsp3) is 0.429. The largest absolute Gasteiger partial charge is 0.308 e. The van der Waals surface area contributed by atoms with E-state index in [0.717, 1.165) is 16.2 Å². The minimum Gasteiger partial charge on any atom is -0.308 e. The van der Waals surface area contributed by atoms with Crippen LogP contribution in [0.15, 0.2) is 39.1 Å². The van der Waals surface area contributed by atoms with Crippen molar-refractivity contribution in [2.45, 2.75) is 42.9 Å². The number of nitrogens with one attached hydrogen (secondary N) is 1. The Morgan fingerprint density at radius 2 is 2.10 bits per heavy atom. The van der Waals surface area contributed by atoms with Gasteiger partial charge in [-0.2, -0.15) is 5.10 Å². The topological polar surface area (TPSA) is 42.7 Å². The Morgan fingerprint density at radius 1 is 1.35 bits per heavy atom. The molecule has 2 aromatic rings. The molecule has 0 spiro atoms. The molecule has 2 rings (SSSR count).